The Hall–Kier alpha value is -3.07. The van der Waals surface area contributed by atoms with Gasteiger partial charge in [-0.25, -0.2) is 18.4 Å². The van der Waals surface area contributed by atoms with Crippen LogP contribution in [0, 0.1) is 0 Å². The van der Waals surface area contributed by atoms with Crippen molar-refractivity contribution in [2.24, 2.45) is 0 Å². The second-order valence-corrected chi connectivity index (χ2v) is 9.31. The Kier molecular flexibility index (Phi) is 5.01. The predicted molar refractivity (Wildman–Crippen MR) is 120 cm³/mol. The summed E-state index contributed by atoms with van der Waals surface area (Å²) in [5, 5.41) is 17.9. The zero-order chi connectivity index (χ0) is 22.5. The van der Waals surface area contributed by atoms with Crippen molar-refractivity contribution in [1.29, 1.82) is 0 Å². The number of nitrogens with one attached hydrogen (secondary N) is 1. The molecule has 3 aromatic rings. The predicted octanol–water partition coefficient (Wildman–Crippen LogP) is 3.84. The summed E-state index contributed by atoms with van der Waals surface area (Å²) >= 11 is 0. The molecule has 3 fully saturated rings. The summed E-state index contributed by atoms with van der Waals surface area (Å²) in [6, 6.07) is 5.68. The number of phenols is 1. The zero-order valence-electron chi connectivity index (χ0n) is 18.1. The minimum atomic E-state index is -0.913. The van der Waals surface area contributed by atoms with Crippen LogP contribution >= 0.6 is 0 Å². The second kappa shape index (κ2) is 8.06. The highest BCUT2D eigenvalue weighted by atomic mass is 19.1. The summed E-state index contributed by atoms with van der Waals surface area (Å²) < 4.78 is 29.2. The highest BCUT2D eigenvalue weighted by Crippen LogP contribution is 2.40. The van der Waals surface area contributed by atoms with E-state index in [2.05, 4.69) is 25.3 Å². The number of phenolic OH excluding ortho intramolecular Hbond substituents is 1. The first kappa shape index (κ1) is 20.5. The number of halogens is 2. The van der Waals surface area contributed by atoms with Crippen LogP contribution in [0.25, 0.3) is 22.4 Å². The van der Waals surface area contributed by atoms with Crippen molar-refractivity contribution >= 4 is 5.82 Å². The van der Waals surface area contributed by atoms with Gasteiger partial charge in [0.15, 0.2) is 6.80 Å². The highest BCUT2D eigenvalue weighted by molar-refractivity contribution is 5.73. The first-order valence-corrected chi connectivity index (χ1v) is 11.5. The lowest BCUT2D eigenvalue weighted by molar-refractivity contribution is 0.171. The molecule has 33 heavy (non-hydrogen) atoms. The maximum atomic E-state index is 15.3. The zero-order valence-corrected chi connectivity index (χ0v) is 18.1. The summed E-state index contributed by atoms with van der Waals surface area (Å²) in [6.45, 7) is -0.703. The summed E-state index contributed by atoms with van der Waals surface area (Å²) in [7, 11) is 0. The fraction of sp³-hybridized carbons (Fsp3) is 0.458. The number of hydrogen-bond acceptors (Lipinski definition) is 6. The van der Waals surface area contributed by atoms with E-state index in [-0.39, 0.29) is 17.8 Å². The second-order valence-electron chi connectivity index (χ2n) is 9.31. The minimum absolute atomic E-state index is 0.0559. The first-order valence-electron chi connectivity index (χ1n) is 11.5. The van der Waals surface area contributed by atoms with Gasteiger partial charge in [-0.15, -0.1) is 0 Å². The Morgan fingerprint density at radius 2 is 1.97 bits per heavy atom. The molecule has 4 heterocycles. The fourth-order valence-electron chi connectivity index (χ4n) is 5.32. The topological polar surface area (TPSA) is 79.1 Å². The van der Waals surface area contributed by atoms with Gasteiger partial charge in [0.1, 0.15) is 17.7 Å². The van der Waals surface area contributed by atoms with E-state index in [1.54, 1.807) is 36.9 Å². The monoisotopic (exact) mass is 452 g/mol. The third kappa shape index (κ3) is 3.74. The van der Waals surface area contributed by atoms with Crippen LogP contribution in [0.15, 0.2) is 43.0 Å². The molecular weight excluding hydrogens is 426 g/mol. The van der Waals surface area contributed by atoms with Crippen LogP contribution in [-0.4, -0.2) is 55.2 Å². The van der Waals surface area contributed by atoms with Crippen molar-refractivity contribution in [3.05, 3.63) is 43.0 Å². The van der Waals surface area contributed by atoms with Crippen LogP contribution in [0.4, 0.5) is 14.6 Å². The Labute approximate surface area is 190 Å². The molecule has 0 spiro atoms. The molecule has 4 atom stereocenters. The SMILES string of the molecule is Oc1cc(-c2cnn(CF)c2)ccc1-c1cnc(N(C2CC2)[C@@H]2CC3CC[C@H](N3)[C@@H]2F)cn1. The quantitative estimate of drug-likeness (QED) is 0.592. The number of rotatable bonds is 6. The largest absolute Gasteiger partial charge is 0.507 e. The molecular formula is C24H26F2N6O. The van der Waals surface area contributed by atoms with Gasteiger partial charge in [-0.05, 0) is 49.8 Å². The van der Waals surface area contributed by atoms with E-state index >= 15 is 4.39 Å². The van der Waals surface area contributed by atoms with Crippen molar-refractivity contribution in [1.82, 2.24) is 25.1 Å². The van der Waals surface area contributed by atoms with Crippen molar-refractivity contribution in [3.8, 4) is 28.1 Å². The van der Waals surface area contributed by atoms with Crippen molar-refractivity contribution in [2.45, 2.75) is 69.2 Å². The maximum absolute atomic E-state index is 15.3. The fourth-order valence-corrected chi connectivity index (χ4v) is 5.32. The van der Waals surface area contributed by atoms with Gasteiger partial charge in [-0.3, -0.25) is 4.98 Å². The van der Waals surface area contributed by atoms with Crippen LogP contribution in [0.5, 0.6) is 5.75 Å². The number of hydrogen-bond donors (Lipinski definition) is 2. The Balaban J connectivity index is 1.25. The molecule has 7 nitrogen and oxygen atoms in total. The summed E-state index contributed by atoms with van der Waals surface area (Å²) in [5.74, 6) is 0.755. The number of fused-ring (bicyclic) bond motifs is 2. The highest BCUT2D eigenvalue weighted by Gasteiger charge is 2.48. The van der Waals surface area contributed by atoms with Gasteiger partial charge in [0.25, 0.3) is 0 Å². The van der Waals surface area contributed by atoms with E-state index < -0.39 is 13.0 Å². The van der Waals surface area contributed by atoms with E-state index in [0.29, 0.717) is 34.7 Å². The Morgan fingerprint density at radius 1 is 1.09 bits per heavy atom. The van der Waals surface area contributed by atoms with E-state index in [4.69, 9.17) is 0 Å². The summed E-state index contributed by atoms with van der Waals surface area (Å²) in [4.78, 5) is 11.4. The average molecular weight is 453 g/mol. The molecule has 1 aromatic carbocycles. The van der Waals surface area contributed by atoms with Gasteiger partial charge in [0.05, 0.1) is 30.3 Å². The molecule has 6 rings (SSSR count). The van der Waals surface area contributed by atoms with Gasteiger partial charge in [0, 0.05) is 35.4 Å². The van der Waals surface area contributed by atoms with E-state index in [1.807, 2.05) is 6.07 Å². The van der Waals surface area contributed by atoms with E-state index in [0.717, 1.165) is 37.7 Å². The lowest BCUT2D eigenvalue weighted by atomic mass is 9.96. The summed E-state index contributed by atoms with van der Waals surface area (Å²) in [6.07, 6.45) is 10.4. The Morgan fingerprint density at radius 3 is 2.67 bits per heavy atom. The average Bonchev–Trinajstić information content (AvgIpc) is 3.39. The first-order chi connectivity index (χ1) is 16.1. The van der Waals surface area contributed by atoms with Crippen LogP contribution in [0.2, 0.25) is 0 Å². The Bertz CT molecular complexity index is 1150. The van der Waals surface area contributed by atoms with E-state index in [9.17, 15) is 9.50 Å². The van der Waals surface area contributed by atoms with Crippen LogP contribution in [-0.2, 0) is 6.80 Å². The molecule has 0 radical (unpaired) electrons. The van der Waals surface area contributed by atoms with Gasteiger partial charge in [-0.2, -0.15) is 5.10 Å². The molecule has 2 aliphatic heterocycles. The molecule has 1 aliphatic carbocycles. The van der Waals surface area contributed by atoms with Crippen LogP contribution < -0.4 is 10.2 Å². The molecule has 1 unspecified atom stereocenters. The third-order valence-corrected chi connectivity index (χ3v) is 7.12. The van der Waals surface area contributed by atoms with Gasteiger partial charge in [-0.1, -0.05) is 6.07 Å². The minimum Gasteiger partial charge on any atom is -0.507 e. The molecule has 1 saturated carbocycles. The number of aromatic nitrogens is 4. The number of piperidine rings is 1. The molecule has 3 aliphatic rings. The lowest BCUT2D eigenvalue weighted by Crippen LogP contribution is -2.57. The van der Waals surface area contributed by atoms with Gasteiger partial charge < -0.3 is 15.3 Å². The van der Waals surface area contributed by atoms with Crippen molar-refractivity contribution in [2.75, 3.05) is 4.90 Å². The number of benzene rings is 1. The van der Waals surface area contributed by atoms with Crippen LogP contribution in [0.1, 0.15) is 32.1 Å². The van der Waals surface area contributed by atoms with Crippen LogP contribution in [0.3, 0.4) is 0 Å². The number of aromatic hydroxyl groups is 1. The molecule has 172 valence electrons. The maximum Gasteiger partial charge on any atom is 0.181 e. The molecule has 9 heteroatoms. The molecule has 2 aromatic heterocycles. The number of nitrogens with zero attached hydrogens (tertiary/aromatic N) is 5. The van der Waals surface area contributed by atoms with Crippen molar-refractivity contribution < 1.29 is 13.9 Å². The van der Waals surface area contributed by atoms with Crippen molar-refractivity contribution in [3.63, 3.8) is 0 Å². The molecule has 2 N–H and O–H groups in total. The van der Waals surface area contributed by atoms with E-state index in [1.165, 1.54) is 4.68 Å². The lowest BCUT2D eigenvalue weighted by Gasteiger charge is -2.41. The molecule has 2 saturated heterocycles. The smallest absolute Gasteiger partial charge is 0.181 e. The normalized spacial score (nSPS) is 26.5. The number of alkyl halides is 2. The third-order valence-electron chi connectivity index (χ3n) is 7.12. The number of anilines is 1. The standard InChI is InChI=1S/C24H26F2N6O/c25-13-31-12-15(9-29-31)14-1-5-18(22(33)7-14)20-10-28-23(11-27-20)32(17-3-4-17)21-8-16-2-6-19(30-16)24(21)26/h1,5,7,9-12,16-17,19,21,24,30,33H,2-4,6,8,13H2/t16?,19-,21+,24-/m0/s1. The van der Waals surface area contributed by atoms with Gasteiger partial charge in [0.2, 0.25) is 0 Å². The molecule has 2 bridgehead atoms. The summed E-state index contributed by atoms with van der Waals surface area (Å²) in [5.41, 5.74) is 2.54. The molecule has 0 amide bonds. The van der Waals surface area contributed by atoms with Gasteiger partial charge >= 0.3 is 0 Å².